The van der Waals surface area contributed by atoms with Crippen LogP contribution in [0.2, 0.25) is 0 Å². The Bertz CT molecular complexity index is 1060. The maximum Gasteiger partial charge on any atom is 0.392 e. The summed E-state index contributed by atoms with van der Waals surface area (Å²) in [6.45, 7) is 1.91. The molecule has 2 unspecified atom stereocenters. The van der Waals surface area contributed by atoms with Gasteiger partial charge in [-0.2, -0.15) is 18.3 Å². The van der Waals surface area contributed by atoms with Crippen molar-refractivity contribution in [1.29, 1.82) is 0 Å². The smallest absolute Gasteiger partial charge is 0.362 e. The monoisotopic (exact) mass is 404 g/mol. The number of anilines is 2. The van der Waals surface area contributed by atoms with Crippen LogP contribution in [0, 0.1) is 11.8 Å². The Morgan fingerprint density at radius 3 is 2.83 bits per heavy atom. The Kier molecular flexibility index (Phi) is 4.64. The van der Waals surface area contributed by atoms with Crippen molar-refractivity contribution < 1.29 is 18.0 Å². The van der Waals surface area contributed by atoms with E-state index >= 15 is 0 Å². The van der Waals surface area contributed by atoms with Gasteiger partial charge in [0, 0.05) is 12.7 Å². The molecule has 10 heteroatoms. The number of aromatic nitrogens is 4. The minimum atomic E-state index is -4.32. The van der Waals surface area contributed by atoms with Gasteiger partial charge in [-0.25, -0.2) is 14.6 Å². The number of carbonyl (C=O) groups is 1. The first-order valence-corrected chi connectivity index (χ1v) is 9.11. The number of fused-ring (bicyclic) bond motifs is 1. The first-order chi connectivity index (χ1) is 13.7. The average molecular weight is 404 g/mol. The Morgan fingerprint density at radius 1 is 1.31 bits per heavy atom. The number of alkyl halides is 3. The van der Waals surface area contributed by atoms with Crippen molar-refractivity contribution in [2.75, 3.05) is 10.6 Å². The van der Waals surface area contributed by atoms with Crippen LogP contribution >= 0.6 is 0 Å². The second kappa shape index (κ2) is 7.02. The number of halogens is 3. The normalized spacial score (nSPS) is 19.8. The summed E-state index contributed by atoms with van der Waals surface area (Å²) in [5, 5.41) is 9.93. The fourth-order valence-corrected chi connectivity index (χ4v) is 3.26. The van der Waals surface area contributed by atoms with Crippen LogP contribution < -0.4 is 10.6 Å². The molecule has 0 spiro atoms. The second-order valence-corrected chi connectivity index (χ2v) is 7.20. The number of hydrogen-bond acceptors (Lipinski definition) is 5. The van der Waals surface area contributed by atoms with Crippen LogP contribution in [0.15, 0.2) is 36.7 Å². The molecule has 4 rings (SSSR count). The topological polar surface area (TPSA) is 84.7 Å². The molecular weight excluding hydrogens is 385 g/mol. The summed E-state index contributed by atoms with van der Waals surface area (Å²) in [5.74, 6) is -2.58. The molecule has 1 amide bonds. The largest absolute Gasteiger partial charge is 0.392 e. The quantitative estimate of drug-likeness (QED) is 0.678. The van der Waals surface area contributed by atoms with Gasteiger partial charge in [-0.05, 0) is 31.0 Å². The molecule has 0 radical (unpaired) electrons. The molecular formula is C19H19F3N6O. The zero-order valence-electron chi connectivity index (χ0n) is 15.7. The molecule has 1 aliphatic rings. The summed E-state index contributed by atoms with van der Waals surface area (Å²) < 4.78 is 39.6. The van der Waals surface area contributed by atoms with Crippen LogP contribution in [0.5, 0.6) is 0 Å². The SMILES string of the molecule is C[C@H](Nc1cnc2cnn(C)c2n1)c1cccc(NC(=O)C2CC2C(F)(F)F)c1. The fraction of sp³-hybridized carbons (Fsp3) is 0.368. The Balaban J connectivity index is 1.43. The van der Waals surface area contributed by atoms with Crippen molar-refractivity contribution in [3.63, 3.8) is 0 Å². The van der Waals surface area contributed by atoms with E-state index in [-0.39, 0.29) is 12.5 Å². The number of hydrogen-bond donors (Lipinski definition) is 2. The van der Waals surface area contributed by atoms with Gasteiger partial charge in [-0.3, -0.25) is 4.79 Å². The minimum absolute atomic E-state index is 0.151. The number of nitrogens with zero attached hydrogens (tertiary/aromatic N) is 4. The van der Waals surface area contributed by atoms with Gasteiger partial charge in [-0.1, -0.05) is 12.1 Å². The number of nitrogens with one attached hydrogen (secondary N) is 2. The van der Waals surface area contributed by atoms with E-state index in [0.29, 0.717) is 22.7 Å². The average Bonchev–Trinajstić information content (AvgIpc) is 3.41. The van der Waals surface area contributed by atoms with E-state index in [1.165, 1.54) is 0 Å². The predicted molar refractivity (Wildman–Crippen MR) is 101 cm³/mol. The summed E-state index contributed by atoms with van der Waals surface area (Å²) in [5.41, 5.74) is 2.64. The summed E-state index contributed by atoms with van der Waals surface area (Å²) in [6, 6.07) is 6.82. The maximum absolute atomic E-state index is 12.7. The molecule has 1 saturated carbocycles. The first-order valence-electron chi connectivity index (χ1n) is 9.11. The molecule has 2 N–H and O–H groups in total. The third kappa shape index (κ3) is 4.01. The number of aryl methyl sites for hydroxylation is 1. The molecule has 0 saturated heterocycles. The van der Waals surface area contributed by atoms with Gasteiger partial charge in [0.25, 0.3) is 0 Å². The molecule has 0 bridgehead atoms. The molecule has 7 nitrogen and oxygen atoms in total. The van der Waals surface area contributed by atoms with Gasteiger partial charge >= 0.3 is 6.18 Å². The lowest BCUT2D eigenvalue weighted by Crippen LogP contribution is -2.20. The highest BCUT2D eigenvalue weighted by atomic mass is 19.4. The van der Waals surface area contributed by atoms with E-state index < -0.39 is 23.9 Å². The lowest BCUT2D eigenvalue weighted by Gasteiger charge is -2.16. The zero-order valence-corrected chi connectivity index (χ0v) is 15.7. The van der Waals surface area contributed by atoms with Crippen molar-refractivity contribution in [1.82, 2.24) is 19.7 Å². The van der Waals surface area contributed by atoms with Crippen LogP contribution in [0.3, 0.4) is 0 Å². The van der Waals surface area contributed by atoms with E-state index in [1.807, 2.05) is 13.0 Å². The molecule has 152 valence electrons. The Morgan fingerprint density at radius 2 is 2.10 bits per heavy atom. The third-order valence-electron chi connectivity index (χ3n) is 5.01. The van der Waals surface area contributed by atoms with Crippen molar-refractivity contribution in [3.05, 3.63) is 42.2 Å². The van der Waals surface area contributed by atoms with E-state index in [0.717, 1.165) is 5.56 Å². The molecule has 3 atom stereocenters. The lowest BCUT2D eigenvalue weighted by molar-refractivity contribution is -0.153. The second-order valence-electron chi connectivity index (χ2n) is 7.20. The number of amides is 1. The Hall–Kier alpha value is -3.17. The minimum Gasteiger partial charge on any atom is -0.362 e. The Labute approximate surface area is 164 Å². The third-order valence-corrected chi connectivity index (χ3v) is 5.01. The zero-order chi connectivity index (χ0) is 20.8. The maximum atomic E-state index is 12.7. The van der Waals surface area contributed by atoms with E-state index in [4.69, 9.17) is 0 Å². The van der Waals surface area contributed by atoms with E-state index in [1.54, 1.807) is 42.3 Å². The van der Waals surface area contributed by atoms with Crippen LogP contribution in [0.25, 0.3) is 11.2 Å². The molecule has 29 heavy (non-hydrogen) atoms. The highest BCUT2D eigenvalue weighted by molar-refractivity contribution is 5.94. The van der Waals surface area contributed by atoms with Gasteiger partial charge in [0.2, 0.25) is 5.91 Å². The van der Waals surface area contributed by atoms with Gasteiger partial charge in [-0.15, -0.1) is 0 Å². The van der Waals surface area contributed by atoms with E-state index in [9.17, 15) is 18.0 Å². The van der Waals surface area contributed by atoms with Gasteiger partial charge < -0.3 is 10.6 Å². The molecule has 1 aromatic carbocycles. The van der Waals surface area contributed by atoms with Crippen molar-refractivity contribution >= 4 is 28.6 Å². The fourth-order valence-electron chi connectivity index (χ4n) is 3.26. The van der Waals surface area contributed by atoms with Crippen LogP contribution in [0.4, 0.5) is 24.7 Å². The number of carbonyl (C=O) groups excluding carboxylic acids is 1. The van der Waals surface area contributed by atoms with Gasteiger partial charge in [0.1, 0.15) is 11.3 Å². The highest BCUT2D eigenvalue weighted by Crippen LogP contribution is 2.50. The first kappa shape index (κ1) is 19.2. The molecule has 1 aliphatic carbocycles. The molecule has 1 fully saturated rings. The predicted octanol–water partition coefficient (Wildman–Crippen LogP) is 3.67. The number of rotatable bonds is 5. The molecule has 0 aliphatic heterocycles. The van der Waals surface area contributed by atoms with Crippen molar-refractivity contribution in [3.8, 4) is 0 Å². The molecule has 2 heterocycles. The number of benzene rings is 1. The molecule has 3 aromatic rings. The summed E-state index contributed by atoms with van der Waals surface area (Å²) >= 11 is 0. The van der Waals surface area contributed by atoms with E-state index in [2.05, 4.69) is 25.7 Å². The van der Waals surface area contributed by atoms with Gasteiger partial charge in [0.05, 0.1) is 30.3 Å². The summed E-state index contributed by atoms with van der Waals surface area (Å²) in [7, 11) is 1.78. The van der Waals surface area contributed by atoms with Crippen LogP contribution in [-0.2, 0) is 11.8 Å². The standard InChI is InChI=1S/C19H19F3N6O/c1-10(25-16-9-23-15-8-24-28(2)17(15)27-16)11-4-3-5-12(6-11)26-18(29)13-7-14(13)19(20,21)22/h3-6,8-10,13-14H,7H2,1-2H3,(H,25,27)(H,26,29)/t10-,13?,14?/m0/s1. The molecule has 2 aromatic heterocycles. The highest BCUT2D eigenvalue weighted by Gasteiger charge is 2.58. The van der Waals surface area contributed by atoms with Crippen molar-refractivity contribution in [2.24, 2.45) is 18.9 Å². The summed E-state index contributed by atoms with van der Waals surface area (Å²) in [6.07, 6.45) is -1.23. The lowest BCUT2D eigenvalue weighted by atomic mass is 10.1. The summed E-state index contributed by atoms with van der Waals surface area (Å²) in [4.78, 5) is 20.9. The van der Waals surface area contributed by atoms with Crippen molar-refractivity contribution in [2.45, 2.75) is 25.6 Å². The van der Waals surface area contributed by atoms with Gasteiger partial charge in [0.15, 0.2) is 5.65 Å². The van der Waals surface area contributed by atoms with Crippen LogP contribution in [0.1, 0.15) is 24.9 Å². The van der Waals surface area contributed by atoms with Crippen LogP contribution in [-0.4, -0.2) is 31.8 Å².